The quantitative estimate of drug-likeness (QED) is 0.743. The van der Waals surface area contributed by atoms with Gasteiger partial charge in [0.2, 0.25) is 0 Å². The molecule has 1 aromatic heterocycles. The van der Waals surface area contributed by atoms with Crippen LogP contribution in [0.3, 0.4) is 0 Å². The van der Waals surface area contributed by atoms with Gasteiger partial charge in [-0.05, 0) is 35.9 Å². The van der Waals surface area contributed by atoms with Crippen LogP contribution in [-0.2, 0) is 6.42 Å². The molecule has 0 saturated carbocycles. The molecule has 0 fully saturated rings. The monoisotopic (exact) mass is 356 g/mol. The molecule has 0 unspecified atom stereocenters. The van der Waals surface area contributed by atoms with Crippen molar-refractivity contribution in [3.63, 3.8) is 0 Å². The van der Waals surface area contributed by atoms with Crippen LogP contribution in [0, 0.1) is 0 Å². The zero-order valence-corrected chi connectivity index (χ0v) is 14.2. The van der Waals surface area contributed by atoms with Crippen LogP contribution in [0.25, 0.3) is 11.3 Å². The third-order valence-corrected chi connectivity index (χ3v) is 4.92. The number of benzene rings is 2. The molecule has 0 radical (unpaired) electrons. The van der Waals surface area contributed by atoms with E-state index in [-0.39, 0.29) is 5.91 Å². The summed E-state index contributed by atoms with van der Waals surface area (Å²) in [5.74, 6) is 0.685. The fourth-order valence-electron chi connectivity index (χ4n) is 2.62. The largest absolute Gasteiger partial charge is 0.493 e. The lowest BCUT2D eigenvalue weighted by Crippen LogP contribution is -2.12. The fraction of sp³-hybridized carbons (Fsp3) is 0.111. The predicted molar refractivity (Wildman–Crippen MR) is 96.2 cm³/mol. The van der Waals surface area contributed by atoms with E-state index in [1.54, 1.807) is 24.3 Å². The molecule has 4 rings (SSSR count). The maximum Gasteiger partial charge on any atom is 0.258 e. The summed E-state index contributed by atoms with van der Waals surface area (Å²) in [4.78, 5) is 16.8. The molecule has 120 valence electrons. The van der Waals surface area contributed by atoms with Crippen molar-refractivity contribution >= 4 is 34.0 Å². The Kier molecular flexibility index (Phi) is 3.96. The van der Waals surface area contributed by atoms with Gasteiger partial charge in [-0.15, -0.1) is 11.3 Å². The molecule has 0 bridgehead atoms. The molecule has 1 N–H and O–H groups in total. The smallest absolute Gasteiger partial charge is 0.258 e. The van der Waals surface area contributed by atoms with Gasteiger partial charge in [-0.1, -0.05) is 23.7 Å². The fourth-order valence-corrected chi connectivity index (χ4v) is 3.56. The number of amides is 1. The van der Waals surface area contributed by atoms with Crippen LogP contribution in [0.1, 0.15) is 15.9 Å². The first-order chi connectivity index (χ1) is 11.7. The van der Waals surface area contributed by atoms with Gasteiger partial charge in [0.05, 0.1) is 22.9 Å². The topological polar surface area (TPSA) is 51.2 Å². The molecule has 1 aliphatic heterocycles. The zero-order valence-electron chi connectivity index (χ0n) is 12.6. The molecule has 0 saturated heterocycles. The van der Waals surface area contributed by atoms with Gasteiger partial charge in [0.25, 0.3) is 5.91 Å². The number of carbonyl (C=O) groups excluding carboxylic acids is 1. The van der Waals surface area contributed by atoms with Crippen molar-refractivity contribution in [3.8, 4) is 17.0 Å². The van der Waals surface area contributed by atoms with E-state index < -0.39 is 0 Å². The summed E-state index contributed by atoms with van der Waals surface area (Å²) < 4.78 is 5.52. The molecule has 0 aliphatic carbocycles. The molecule has 6 heteroatoms. The molecule has 2 aromatic carbocycles. The lowest BCUT2D eigenvalue weighted by Gasteiger charge is -2.03. The number of aromatic nitrogens is 1. The van der Waals surface area contributed by atoms with Crippen molar-refractivity contribution in [2.45, 2.75) is 6.42 Å². The molecule has 3 aromatic rings. The first kappa shape index (κ1) is 15.2. The molecule has 1 aliphatic rings. The van der Waals surface area contributed by atoms with Gasteiger partial charge in [0.1, 0.15) is 5.75 Å². The third kappa shape index (κ3) is 2.88. The maximum absolute atomic E-state index is 12.3. The van der Waals surface area contributed by atoms with E-state index >= 15 is 0 Å². The van der Waals surface area contributed by atoms with Gasteiger partial charge < -0.3 is 4.74 Å². The van der Waals surface area contributed by atoms with Crippen LogP contribution in [0.5, 0.6) is 5.75 Å². The molecule has 4 nitrogen and oxygen atoms in total. The SMILES string of the molecule is O=C(Nc1nc(-c2ccc3c(c2)CCO3)cs1)c1ccccc1Cl. The van der Waals surface area contributed by atoms with Crippen molar-refractivity contribution in [2.75, 3.05) is 11.9 Å². The second-order valence-corrected chi connectivity index (χ2v) is 6.66. The van der Waals surface area contributed by atoms with Gasteiger partial charge in [-0.2, -0.15) is 0 Å². The average Bonchev–Trinajstić information content (AvgIpc) is 3.23. The first-order valence-corrected chi connectivity index (χ1v) is 8.74. The number of rotatable bonds is 3. The van der Waals surface area contributed by atoms with E-state index in [9.17, 15) is 4.79 Å². The highest BCUT2D eigenvalue weighted by Gasteiger charge is 2.15. The van der Waals surface area contributed by atoms with E-state index in [1.807, 2.05) is 17.5 Å². The lowest BCUT2D eigenvalue weighted by atomic mass is 10.1. The summed E-state index contributed by atoms with van der Waals surface area (Å²) in [5.41, 5.74) is 3.49. The normalized spacial score (nSPS) is 12.5. The molecule has 0 spiro atoms. The Morgan fingerprint density at radius 2 is 2.12 bits per heavy atom. The highest BCUT2D eigenvalue weighted by molar-refractivity contribution is 7.14. The van der Waals surface area contributed by atoms with Gasteiger partial charge in [-0.25, -0.2) is 4.98 Å². The Morgan fingerprint density at radius 1 is 1.25 bits per heavy atom. The molecule has 2 heterocycles. The molecule has 1 amide bonds. The molecular weight excluding hydrogens is 344 g/mol. The first-order valence-electron chi connectivity index (χ1n) is 7.48. The third-order valence-electron chi connectivity index (χ3n) is 3.83. The van der Waals surface area contributed by atoms with Crippen molar-refractivity contribution in [3.05, 3.63) is 64.0 Å². The van der Waals surface area contributed by atoms with Crippen LogP contribution in [-0.4, -0.2) is 17.5 Å². The minimum absolute atomic E-state index is 0.260. The second-order valence-electron chi connectivity index (χ2n) is 5.39. The summed E-state index contributed by atoms with van der Waals surface area (Å²) >= 11 is 7.44. The van der Waals surface area contributed by atoms with Crippen molar-refractivity contribution in [1.82, 2.24) is 4.98 Å². The molecular formula is C18H13ClN2O2S. The lowest BCUT2D eigenvalue weighted by molar-refractivity contribution is 0.102. The highest BCUT2D eigenvalue weighted by Crippen LogP contribution is 2.32. The minimum Gasteiger partial charge on any atom is -0.493 e. The summed E-state index contributed by atoms with van der Waals surface area (Å²) in [6.07, 6.45) is 0.920. The number of ether oxygens (including phenoxy) is 1. The average molecular weight is 357 g/mol. The Labute approximate surface area is 148 Å². The number of nitrogens with zero attached hydrogens (tertiary/aromatic N) is 1. The van der Waals surface area contributed by atoms with E-state index in [4.69, 9.17) is 16.3 Å². The number of thiazole rings is 1. The van der Waals surface area contributed by atoms with Gasteiger partial charge >= 0.3 is 0 Å². The number of hydrogen-bond acceptors (Lipinski definition) is 4. The summed E-state index contributed by atoms with van der Waals surface area (Å²) in [6, 6.07) is 13.0. The van der Waals surface area contributed by atoms with Crippen LogP contribution < -0.4 is 10.1 Å². The Hall–Kier alpha value is -2.37. The Bertz CT molecular complexity index is 923. The Morgan fingerprint density at radius 3 is 3.00 bits per heavy atom. The number of carbonyl (C=O) groups is 1. The molecule has 0 atom stereocenters. The summed E-state index contributed by atoms with van der Waals surface area (Å²) in [7, 11) is 0. The number of hydrogen-bond donors (Lipinski definition) is 1. The van der Waals surface area contributed by atoms with E-state index in [0.717, 1.165) is 30.0 Å². The molecule has 24 heavy (non-hydrogen) atoms. The Balaban J connectivity index is 1.55. The minimum atomic E-state index is -0.260. The zero-order chi connectivity index (χ0) is 16.5. The number of halogens is 1. The van der Waals surface area contributed by atoms with Crippen molar-refractivity contribution in [1.29, 1.82) is 0 Å². The highest BCUT2D eigenvalue weighted by atomic mass is 35.5. The summed E-state index contributed by atoms with van der Waals surface area (Å²) in [6.45, 7) is 0.731. The standard InChI is InChI=1S/C18H13ClN2O2S/c19-14-4-2-1-3-13(14)17(22)21-18-20-15(10-24-18)11-5-6-16-12(9-11)7-8-23-16/h1-6,9-10H,7-8H2,(H,20,21,22). The van der Waals surface area contributed by atoms with E-state index in [0.29, 0.717) is 15.7 Å². The van der Waals surface area contributed by atoms with Gasteiger partial charge in [0, 0.05) is 17.4 Å². The predicted octanol–water partition coefficient (Wildman–Crippen LogP) is 4.65. The van der Waals surface area contributed by atoms with Crippen LogP contribution in [0.15, 0.2) is 47.8 Å². The van der Waals surface area contributed by atoms with Gasteiger partial charge in [0.15, 0.2) is 5.13 Å². The second kappa shape index (κ2) is 6.26. The van der Waals surface area contributed by atoms with Crippen LogP contribution in [0.4, 0.5) is 5.13 Å². The van der Waals surface area contributed by atoms with Gasteiger partial charge in [-0.3, -0.25) is 10.1 Å². The van der Waals surface area contributed by atoms with E-state index in [1.165, 1.54) is 16.9 Å². The van der Waals surface area contributed by atoms with Crippen molar-refractivity contribution < 1.29 is 9.53 Å². The van der Waals surface area contributed by atoms with Crippen molar-refractivity contribution in [2.24, 2.45) is 0 Å². The van der Waals surface area contributed by atoms with Crippen LogP contribution in [0.2, 0.25) is 5.02 Å². The number of anilines is 1. The maximum atomic E-state index is 12.3. The van der Waals surface area contributed by atoms with E-state index in [2.05, 4.69) is 16.4 Å². The number of fused-ring (bicyclic) bond motifs is 1. The number of nitrogens with one attached hydrogen (secondary N) is 1. The van der Waals surface area contributed by atoms with Crippen LogP contribution >= 0.6 is 22.9 Å². The summed E-state index contributed by atoms with van der Waals surface area (Å²) in [5, 5.41) is 5.70.